The monoisotopic (exact) mass is 456 g/mol. The molecule has 174 valence electrons. The van der Waals surface area contributed by atoms with Crippen LogP contribution in [-0.4, -0.2) is 53.1 Å². The molecule has 1 amide bonds. The summed E-state index contributed by atoms with van der Waals surface area (Å²) in [6.07, 6.45) is 8.28. The van der Waals surface area contributed by atoms with Gasteiger partial charge < -0.3 is 19.4 Å². The highest BCUT2D eigenvalue weighted by atomic mass is 16.5. The lowest BCUT2D eigenvalue weighted by Crippen LogP contribution is -2.35. The standard InChI is InChI=1S/C27H28N4O3/c1-33-21-6-3-5-19(15-21)24-26(29-13-12-28-24)27(32)31(17-18-9-10-18)14-11-20-16-30-25-22(20)7-4-8-23(25)34-2/h3-8,12-13,15-16,18,30H,9-11,14,17H2,1-2H3. The third-order valence-electron chi connectivity index (χ3n) is 6.34. The maximum absolute atomic E-state index is 13.7. The largest absolute Gasteiger partial charge is 0.497 e. The van der Waals surface area contributed by atoms with Crippen LogP contribution in [0.4, 0.5) is 0 Å². The first kappa shape index (κ1) is 21.9. The number of carbonyl (C=O) groups is 1. The number of rotatable bonds is 9. The molecule has 7 heteroatoms. The van der Waals surface area contributed by atoms with Gasteiger partial charge >= 0.3 is 0 Å². The second-order valence-electron chi connectivity index (χ2n) is 8.63. The van der Waals surface area contributed by atoms with Crippen molar-refractivity contribution < 1.29 is 14.3 Å². The Morgan fingerprint density at radius 1 is 1.09 bits per heavy atom. The van der Waals surface area contributed by atoms with E-state index in [4.69, 9.17) is 9.47 Å². The van der Waals surface area contributed by atoms with Crippen LogP contribution in [0.3, 0.4) is 0 Å². The van der Waals surface area contributed by atoms with Crippen LogP contribution >= 0.6 is 0 Å². The van der Waals surface area contributed by atoms with Crippen LogP contribution in [0.5, 0.6) is 11.5 Å². The zero-order chi connectivity index (χ0) is 23.5. The molecule has 1 aliphatic carbocycles. The van der Waals surface area contributed by atoms with Crippen molar-refractivity contribution in [2.24, 2.45) is 5.92 Å². The van der Waals surface area contributed by atoms with E-state index >= 15 is 0 Å². The van der Waals surface area contributed by atoms with Gasteiger partial charge in [0.25, 0.3) is 5.91 Å². The van der Waals surface area contributed by atoms with Crippen LogP contribution in [0, 0.1) is 5.92 Å². The molecule has 34 heavy (non-hydrogen) atoms. The molecule has 1 fully saturated rings. The lowest BCUT2D eigenvalue weighted by atomic mass is 10.1. The average Bonchev–Trinajstić information content (AvgIpc) is 3.62. The molecule has 1 saturated carbocycles. The van der Waals surface area contributed by atoms with Gasteiger partial charge in [-0.2, -0.15) is 0 Å². The Morgan fingerprint density at radius 2 is 1.91 bits per heavy atom. The summed E-state index contributed by atoms with van der Waals surface area (Å²) in [5.74, 6) is 2.00. The Morgan fingerprint density at radius 3 is 2.71 bits per heavy atom. The van der Waals surface area contributed by atoms with Crippen molar-refractivity contribution in [3.63, 3.8) is 0 Å². The number of aromatic nitrogens is 3. The first-order valence-electron chi connectivity index (χ1n) is 11.6. The number of amides is 1. The summed E-state index contributed by atoms with van der Waals surface area (Å²) in [7, 11) is 3.30. The number of nitrogens with zero attached hydrogens (tertiary/aromatic N) is 3. The molecule has 4 aromatic rings. The molecule has 2 heterocycles. The number of ether oxygens (including phenoxy) is 2. The minimum absolute atomic E-state index is 0.0877. The fourth-order valence-electron chi connectivity index (χ4n) is 4.33. The van der Waals surface area contributed by atoms with Crippen molar-refractivity contribution in [2.45, 2.75) is 19.3 Å². The first-order valence-corrected chi connectivity index (χ1v) is 11.6. The molecule has 0 spiro atoms. The van der Waals surface area contributed by atoms with Gasteiger partial charge in [-0.25, -0.2) is 4.98 Å². The third-order valence-corrected chi connectivity index (χ3v) is 6.34. The fraction of sp³-hybridized carbons (Fsp3) is 0.296. The number of aromatic amines is 1. The zero-order valence-electron chi connectivity index (χ0n) is 19.5. The van der Waals surface area contributed by atoms with Crippen molar-refractivity contribution in [3.05, 3.63) is 72.3 Å². The van der Waals surface area contributed by atoms with Crippen LogP contribution in [0.2, 0.25) is 0 Å². The molecular weight excluding hydrogens is 428 g/mol. The van der Waals surface area contributed by atoms with Crippen molar-refractivity contribution in [2.75, 3.05) is 27.3 Å². The van der Waals surface area contributed by atoms with Gasteiger partial charge in [0, 0.05) is 42.6 Å². The zero-order valence-corrected chi connectivity index (χ0v) is 19.5. The van der Waals surface area contributed by atoms with Crippen molar-refractivity contribution in [1.82, 2.24) is 19.9 Å². The van der Waals surface area contributed by atoms with Gasteiger partial charge in [-0.3, -0.25) is 9.78 Å². The quantitative estimate of drug-likeness (QED) is 0.394. The van der Waals surface area contributed by atoms with Crippen molar-refractivity contribution in [1.29, 1.82) is 0 Å². The molecule has 0 atom stereocenters. The van der Waals surface area contributed by atoms with Crippen molar-refractivity contribution >= 4 is 16.8 Å². The number of para-hydroxylation sites is 1. The predicted molar refractivity (Wildman–Crippen MR) is 131 cm³/mol. The molecular formula is C27H28N4O3. The van der Waals surface area contributed by atoms with Gasteiger partial charge in [-0.1, -0.05) is 24.3 Å². The van der Waals surface area contributed by atoms with Gasteiger partial charge in [0.1, 0.15) is 17.2 Å². The number of methoxy groups -OCH3 is 2. The molecule has 5 rings (SSSR count). The van der Waals surface area contributed by atoms with E-state index in [9.17, 15) is 4.79 Å². The minimum atomic E-state index is -0.0877. The topological polar surface area (TPSA) is 80.3 Å². The van der Waals surface area contributed by atoms with Crippen LogP contribution in [-0.2, 0) is 6.42 Å². The SMILES string of the molecule is COc1cccc(-c2nccnc2C(=O)N(CCc2c[nH]c3c(OC)cccc23)CC2CC2)c1. The Balaban J connectivity index is 1.42. The summed E-state index contributed by atoms with van der Waals surface area (Å²) in [6.45, 7) is 1.34. The lowest BCUT2D eigenvalue weighted by Gasteiger charge is -2.23. The van der Waals surface area contributed by atoms with E-state index in [-0.39, 0.29) is 5.91 Å². The van der Waals surface area contributed by atoms with E-state index in [0.717, 1.165) is 53.6 Å². The van der Waals surface area contributed by atoms with Gasteiger partial charge in [-0.15, -0.1) is 0 Å². The molecule has 0 saturated heterocycles. The molecule has 0 bridgehead atoms. The normalized spacial score (nSPS) is 13.1. The minimum Gasteiger partial charge on any atom is -0.497 e. The lowest BCUT2D eigenvalue weighted by molar-refractivity contribution is 0.0744. The smallest absolute Gasteiger partial charge is 0.274 e. The summed E-state index contributed by atoms with van der Waals surface area (Å²) in [5, 5.41) is 1.12. The molecule has 0 radical (unpaired) electrons. The Labute approximate surface area is 198 Å². The van der Waals surface area contributed by atoms with Crippen LogP contribution < -0.4 is 9.47 Å². The Hall–Kier alpha value is -3.87. The highest BCUT2D eigenvalue weighted by molar-refractivity contribution is 5.98. The second-order valence-corrected chi connectivity index (χ2v) is 8.63. The number of benzene rings is 2. The number of H-pyrrole nitrogens is 1. The van der Waals surface area contributed by atoms with Crippen LogP contribution in [0.1, 0.15) is 28.9 Å². The molecule has 0 unspecified atom stereocenters. The maximum atomic E-state index is 13.7. The third kappa shape index (κ3) is 4.46. The van der Waals surface area contributed by atoms with Crippen LogP contribution in [0.25, 0.3) is 22.2 Å². The van der Waals surface area contributed by atoms with Crippen molar-refractivity contribution in [3.8, 4) is 22.8 Å². The van der Waals surface area contributed by atoms with E-state index in [1.807, 2.05) is 47.5 Å². The van der Waals surface area contributed by atoms with E-state index in [0.29, 0.717) is 29.6 Å². The van der Waals surface area contributed by atoms with Gasteiger partial charge in [0.05, 0.1) is 19.7 Å². The predicted octanol–water partition coefficient (Wildman–Crippen LogP) is 4.74. The molecule has 2 aromatic heterocycles. The highest BCUT2D eigenvalue weighted by Crippen LogP contribution is 2.32. The maximum Gasteiger partial charge on any atom is 0.274 e. The van der Waals surface area contributed by atoms with E-state index < -0.39 is 0 Å². The summed E-state index contributed by atoms with van der Waals surface area (Å²) in [5.41, 5.74) is 3.90. The first-order chi connectivity index (χ1) is 16.7. The van der Waals surface area contributed by atoms with Gasteiger partial charge in [0.15, 0.2) is 5.69 Å². The Kier molecular flexibility index (Phi) is 6.16. The summed E-state index contributed by atoms with van der Waals surface area (Å²) in [6, 6.07) is 13.6. The van der Waals surface area contributed by atoms with Gasteiger partial charge in [0.2, 0.25) is 0 Å². The van der Waals surface area contributed by atoms with Crippen LogP contribution in [0.15, 0.2) is 61.1 Å². The molecule has 2 aromatic carbocycles. The fourth-order valence-corrected chi connectivity index (χ4v) is 4.33. The summed E-state index contributed by atoms with van der Waals surface area (Å²) >= 11 is 0. The van der Waals surface area contributed by atoms with Gasteiger partial charge in [-0.05, 0) is 48.9 Å². The van der Waals surface area contributed by atoms with E-state index in [1.165, 1.54) is 0 Å². The summed E-state index contributed by atoms with van der Waals surface area (Å²) < 4.78 is 10.8. The molecule has 1 aliphatic rings. The Bertz CT molecular complexity index is 1310. The van der Waals surface area contributed by atoms with E-state index in [2.05, 4.69) is 21.0 Å². The number of hydrogen-bond acceptors (Lipinski definition) is 5. The summed E-state index contributed by atoms with van der Waals surface area (Å²) in [4.78, 5) is 28.0. The number of fused-ring (bicyclic) bond motifs is 1. The van der Waals surface area contributed by atoms with E-state index in [1.54, 1.807) is 26.6 Å². The number of carbonyl (C=O) groups excluding carboxylic acids is 1. The highest BCUT2D eigenvalue weighted by Gasteiger charge is 2.29. The molecule has 7 nitrogen and oxygen atoms in total. The average molecular weight is 457 g/mol. The molecule has 1 N–H and O–H groups in total. The molecule has 0 aliphatic heterocycles. The number of nitrogens with one attached hydrogen (secondary N) is 1. The number of hydrogen-bond donors (Lipinski definition) is 1. The second kappa shape index (κ2) is 9.55.